The molecule has 0 aromatic carbocycles. The van der Waals surface area contributed by atoms with Crippen LogP contribution < -0.4 is 0 Å². The summed E-state index contributed by atoms with van der Waals surface area (Å²) in [6.45, 7) is 6.49. The zero-order chi connectivity index (χ0) is 42.3. The van der Waals surface area contributed by atoms with Crippen LogP contribution in [0.3, 0.4) is 0 Å². The SMILES string of the molecule is CC/C=C\C/C=C\CCCCCCCC(=O)OC(COC(=O)CCCCC/C=C\C=C/CCCCCCCCC)COC(=O)CCCCCCCCCCCCCC. The Balaban J connectivity index is 4.41. The molecule has 0 aliphatic heterocycles. The number of hydrogen-bond acceptors (Lipinski definition) is 6. The second-order valence-corrected chi connectivity index (χ2v) is 16.4. The van der Waals surface area contributed by atoms with Crippen molar-refractivity contribution in [2.45, 2.75) is 252 Å². The predicted octanol–water partition coefficient (Wildman–Crippen LogP) is 15.9. The van der Waals surface area contributed by atoms with Gasteiger partial charge in [0.15, 0.2) is 6.10 Å². The molecule has 0 saturated carbocycles. The van der Waals surface area contributed by atoms with Crippen LogP contribution in [0.2, 0.25) is 0 Å². The Morgan fingerprint density at radius 3 is 1.16 bits per heavy atom. The average molecular weight is 813 g/mol. The first-order valence-corrected chi connectivity index (χ1v) is 24.7. The molecule has 0 saturated heterocycles. The van der Waals surface area contributed by atoms with Gasteiger partial charge in [-0.05, 0) is 70.6 Å². The van der Waals surface area contributed by atoms with Crippen LogP contribution >= 0.6 is 0 Å². The molecule has 1 unspecified atom stereocenters. The van der Waals surface area contributed by atoms with Crippen LogP contribution in [-0.4, -0.2) is 37.2 Å². The Bertz CT molecular complexity index is 1030. The van der Waals surface area contributed by atoms with Crippen molar-refractivity contribution in [3.63, 3.8) is 0 Å². The van der Waals surface area contributed by atoms with Crippen molar-refractivity contribution in [2.24, 2.45) is 0 Å². The van der Waals surface area contributed by atoms with Gasteiger partial charge in [-0.1, -0.05) is 204 Å². The highest BCUT2D eigenvalue weighted by molar-refractivity contribution is 5.71. The fraction of sp³-hybridized carbons (Fsp3) is 0.788. The van der Waals surface area contributed by atoms with Crippen LogP contribution in [0, 0.1) is 0 Å². The molecule has 0 amide bonds. The number of carbonyl (C=O) groups excluding carboxylic acids is 3. The van der Waals surface area contributed by atoms with Crippen LogP contribution in [0.5, 0.6) is 0 Å². The molecule has 0 N–H and O–H groups in total. The summed E-state index contributed by atoms with van der Waals surface area (Å²) in [7, 11) is 0. The van der Waals surface area contributed by atoms with Crippen LogP contribution in [0.1, 0.15) is 245 Å². The van der Waals surface area contributed by atoms with E-state index in [0.717, 1.165) is 103 Å². The van der Waals surface area contributed by atoms with Crippen molar-refractivity contribution in [2.75, 3.05) is 13.2 Å². The van der Waals surface area contributed by atoms with Crippen molar-refractivity contribution in [1.82, 2.24) is 0 Å². The topological polar surface area (TPSA) is 78.9 Å². The number of ether oxygens (including phenoxy) is 3. The van der Waals surface area contributed by atoms with Crippen molar-refractivity contribution >= 4 is 17.9 Å². The van der Waals surface area contributed by atoms with Crippen molar-refractivity contribution in [1.29, 1.82) is 0 Å². The third-order valence-electron chi connectivity index (χ3n) is 10.6. The van der Waals surface area contributed by atoms with E-state index in [1.165, 1.54) is 103 Å². The molecule has 6 nitrogen and oxygen atoms in total. The van der Waals surface area contributed by atoms with Gasteiger partial charge >= 0.3 is 17.9 Å². The van der Waals surface area contributed by atoms with E-state index in [1.807, 2.05) is 0 Å². The summed E-state index contributed by atoms with van der Waals surface area (Å²) in [4.78, 5) is 37.8. The van der Waals surface area contributed by atoms with E-state index in [-0.39, 0.29) is 31.1 Å². The molecule has 0 bridgehead atoms. The number of unbranched alkanes of at least 4 members (excludes halogenated alkanes) is 26. The molecule has 0 aliphatic rings. The standard InChI is InChI=1S/C52H92O6/c1-4-7-10-13-16-19-22-25-26-27-28-31-33-36-39-42-45-51(54)57-48-49(58-52(55)46-43-40-37-34-30-24-21-18-15-12-9-6-3)47-56-50(53)44-41-38-35-32-29-23-20-17-14-11-8-5-2/h9,12,18,21,26-28,31,49H,4-8,10-11,13-17,19-20,22-25,29-30,32-48H2,1-3H3/b12-9-,21-18-,27-26-,31-28-. The molecule has 0 spiro atoms. The summed E-state index contributed by atoms with van der Waals surface area (Å²) >= 11 is 0. The number of allylic oxidation sites excluding steroid dienone is 8. The second-order valence-electron chi connectivity index (χ2n) is 16.4. The summed E-state index contributed by atoms with van der Waals surface area (Å²) in [5.41, 5.74) is 0. The lowest BCUT2D eigenvalue weighted by Gasteiger charge is -2.18. The van der Waals surface area contributed by atoms with E-state index in [1.54, 1.807) is 0 Å². The van der Waals surface area contributed by atoms with E-state index < -0.39 is 6.10 Å². The molecule has 0 radical (unpaired) electrons. The maximum atomic E-state index is 12.7. The summed E-state index contributed by atoms with van der Waals surface area (Å²) < 4.78 is 16.7. The summed E-state index contributed by atoms with van der Waals surface area (Å²) in [5, 5.41) is 0. The van der Waals surface area contributed by atoms with E-state index in [0.29, 0.717) is 19.3 Å². The molecule has 1 atom stereocenters. The monoisotopic (exact) mass is 813 g/mol. The van der Waals surface area contributed by atoms with Gasteiger partial charge in [0.2, 0.25) is 0 Å². The highest BCUT2D eigenvalue weighted by Gasteiger charge is 2.19. The molecular weight excluding hydrogens is 721 g/mol. The number of hydrogen-bond donors (Lipinski definition) is 0. The van der Waals surface area contributed by atoms with Crippen molar-refractivity contribution < 1.29 is 28.6 Å². The number of rotatable bonds is 44. The molecule has 0 heterocycles. The lowest BCUT2D eigenvalue weighted by atomic mass is 10.0. The Kier molecular flexibility index (Phi) is 44.9. The molecule has 0 rings (SSSR count). The molecule has 58 heavy (non-hydrogen) atoms. The summed E-state index contributed by atoms with van der Waals surface area (Å²) in [6, 6.07) is 0. The number of esters is 3. The normalized spacial score (nSPS) is 12.4. The largest absolute Gasteiger partial charge is 0.462 e. The molecule has 336 valence electrons. The minimum absolute atomic E-state index is 0.0856. The van der Waals surface area contributed by atoms with Crippen LogP contribution in [0.25, 0.3) is 0 Å². The van der Waals surface area contributed by atoms with Gasteiger partial charge in [0.25, 0.3) is 0 Å². The summed E-state index contributed by atoms with van der Waals surface area (Å²) in [5.74, 6) is -0.925. The zero-order valence-electron chi connectivity index (χ0n) is 38.3. The van der Waals surface area contributed by atoms with Gasteiger partial charge in [-0.15, -0.1) is 0 Å². The maximum absolute atomic E-state index is 12.7. The van der Waals surface area contributed by atoms with Gasteiger partial charge in [0, 0.05) is 19.3 Å². The fourth-order valence-electron chi connectivity index (χ4n) is 6.88. The van der Waals surface area contributed by atoms with Gasteiger partial charge in [0.1, 0.15) is 13.2 Å². The Labute approximate surface area is 358 Å². The molecular formula is C52H92O6. The van der Waals surface area contributed by atoms with E-state index >= 15 is 0 Å². The van der Waals surface area contributed by atoms with Crippen molar-refractivity contribution in [3.05, 3.63) is 48.6 Å². The Morgan fingerprint density at radius 2 is 0.724 bits per heavy atom. The number of carbonyl (C=O) groups is 3. The quantitative estimate of drug-likeness (QED) is 0.0200. The summed E-state index contributed by atoms with van der Waals surface area (Å²) in [6.07, 6.45) is 55.2. The average Bonchev–Trinajstić information content (AvgIpc) is 3.22. The van der Waals surface area contributed by atoms with Gasteiger partial charge in [-0.25, -0.2) is 0 Å². The van der Waals surface area contributed by atoms with E-state index in [9.17, 15) is 14.4 Å². The van der Waals surface area contributed by atoms with Crippen LogP contribution in [0.15, 0.2) is 48.6 Å². The predicted molar refractivity (Wildman–Crippen MR) is 247 cm³/mol. The highest BCUT2D eigenvalue weighted by atomic mass is 16.6. The second kappa shape index (κ2) is 47.1. The first-order valence-electron chi connectivity index (χ1n) is 24.7. The third-order valence-corrected chi connectivity index (χ3v) is 10.6. The first kappa shape index (κ1) is 55.4. The van der Waals surface area contributed by atoms with E-state index in [4.69, 9.17) is 14.2 Å². The molecule has 6 heteroatoms. The molecule has 0 fully saturated rings. The minimum Gasteiger partial charge on any atom is -0.462 e. The third kappa shape index (κ3) is 44.5. The van der Waals surface area contributed by atoms with Gasteiger partial charge in [-0.2, -0.15) is 0 Å². The smallest absolute Gasteiger partial charge is 0.306 e. The maximum Gasteiger partial charge on any atom is 0.306 e. The molecule has 0 aliphatic carbocycles. The highest BCUT2D eigenvalue weighted by Crippen LogP contribution is 2.14. The molecule has 0 aromatic rings. The van der Waals surface area contributed by atoms with Crippen LogP contribution in [0.4, 0.5) is 0 Å². The van der Waals surface area contributed by atoms with Crippen molar-refractivity contribution in [3.8, 4) is 0 Å². The van der Waals surface area contributed by atoms with Gasteiger partial charge in [0.05, 0.1) is 0 Å². The first-order chi connectivity index (χ1) is 28.5. The fourth-order valence-corrected chi connectivity index (χ4v) is 6.88. The minimum atomic E-state index is -0.787. The lowest BCUT2D eigenvalue weighted by Crippen LogP contribution is -2.30. The Morgan fingerprint density at radius 1 is 0.379 bits per heavy atom. The Hall–Kier alpha value is -2.63. The lowest BCUT2D eigenvalue weighted by molar-refractivity contribution is -0.167. The molecule has 0 aromatic heterocycles. The van der Waals surface area contributed by atoms with E-state index in [2.05, 4.69) is 69.4 Å². The van der Waals surface area contributed by atoms with Crippen LogP contribution in [-0.2, 0) is 28.6 Å². The zero-order valence-corrected chi connectivity index (χ0v) is 38.3. The van der Waals surface area contributed by atoms with Gasteiger partial charge < -0.3 is 14.2 Å². The van der Waals surface area contributed by atoms with Gasteiger partial charge in [-0.3, -0.25) is 14.4 Å².